The molecule has 0 spiro atoms. The van der Waals surface area contributed by atoms with Crippen LogP contribution in [0.4, 0.5) is 5.69 Å². The molecule has 0 aromatic heterocycles. The molecule has 1 unspecified atom stereocenters. The van der Waals surface area contributed by atoms with Gasteiger partial charge in [0.2, 0.25) is 7.37 Å². The van der Waals surface area contributed by atoms with E-state index >= 15 is 0 Å². The van der Waals surface area contributed by atoms with Gasteiger partial charge in [-0.15, -0.1) is 0 Å². The van der Waals surface area contributed by atoms with Crippen molar-refractivity contribution in [1.29, 1.82) is 0 Å². The number of benzene rings is 2. The van der Waals surface area contributed by atoms with Gasteiger partial charge in [-0.05, 0) is 18.2 Å². The summed E-state index contributed by atoms with van der Waals surface area (Å²) in [5, 5.41) is 11.7. The number of ether oxygens (including phenoxy) is 1. The van der Waals surface area contributed by atoms with Gasteiger partial charge in [-0.3, -0.25) is 14.7 Å². The third-order valence-electron chi connectivity index (χ3n) is 3.11. The van der Waals surface area contributed by atoms with Crippen molar-refractivity contribution >= 4 is 53.2 Å². The molecular weight excluding hydrogens is 399 g/mol. The topological polar surface area (TPSA) is 78.7 Å². The van der Waals surface area contributed by atoms with Crippen LogP contribution in [0.25, 0.3) is 0 Å². The fourth-order valence-electron chi connectivity index (χ4n) is 1.89. The Hall–Kier alpha value is -1.30. The van der Waals surface area contributed by atoms with Crippen LogP contribution in [0, 0.1) is 10.1 Å². The van der Waals surface area contributed by atoms with E-state index in [4.69, 9.17) is 44.1 Å². The molecule has 2 aromatic rings. The highest BCUT2D eigenvalue weighted by atomic mass is 35.5. The average Bonchev–Trinajstić information content (AvgIpc) is 2.50. The first-order chi connectivity index (χ1) is 11.2. The predicted molar refractivity (Wildman–Crippen MR) is 94.8 cm³/mol. The fraction of sp³-hybridized carbons (Fsp3) is 0.143. The van der Waals surface area contributed by atoms with Crippen molar-refractivity contribution in [1.82, 2.24) is 0 Å². The number of nitro groups is 1. The quantitative estimate of drug-likeness (QED) is 0.368. The van der Waals surface area contributed by atoms with Crippen LogP contribution in [0.1, 0.15) is 0 Å². The van der Waals surface area contributed by atoms with Gasteiger partial charge in [-0.1, -0.05) is 34.8 Å². The minimum atomic E-state index is -3.39. The van der Waals surface area contributed by atoms with Gasteiger partial charge in [0.05, 0.1) is 15.0 Å². The zero-order valence-corrected chi connectivity index (χ0v) is 15.6. The third-order valence-corrected chi connectivity index (χ3v) is 5.82. The molecule has 0 radical (unpaired) electrons. The molecule has 1 atom stereocenters. The number of nitrogens with zero attached hydrogens (tertiary/aromatic N) is 1. The number of halogens is 3. The van der Waals surface area contributed by atoms with E-state index in [0.29, 0.717) is 5.02 Å². The molecule has 24 heavy (non-hydrogen) atoms. The maximum atomic E-state index is 12.4. The molecule has 0 aliphatic rings. The third kappa shape index (κ3) is 4.02. The van der Waals surface area contributed by atoms with Gasteiger partial charge >= 0.3 is 0 Å². The molecule has 0 aliphatic carbocycles. The molecule has 0 aliphatic heterocycles. The Morgan fingerprint density at radius 2 is 1.71 bits per heavy atom. The lowest BCUT2D eigenvalue weighted by atomic mass is 10.3. The highest BCUT2D eigenvalue weighted by Crippen LogP contribution is 2.45. The lowest BCUT2D eigenvalue weighted by Gasteiger charge is -2.14. The van der Waals surface area contributed by atoms with Crippen LogP contribution in [-0.4, -0.2) is 18.7 Å². The first-order valence-corrected chi connectivity index (χ1v) is 9.61. The van der Waals surface area contributed by atoms with Crippen molar-refractivity contribution in [3.05, 3.63) is 55.5 Å². The summed E-state index contributed by atoms with van der Waals surface area (Å²) in [6, 6.07) is 6.67. The molecule has 0 fully saturated rings. The van der Waals surface area contributed by atoms with Crippen LogP contribution in [0.3, 0.4) is 0 Å². The Labute approximate surface area is 152 Å². The normalized spacial score (nSPS) is 13.4. The Balaban J connectivity index is 2.52. The summed E-state index contributed by atoms with van der Waals surface area (Å²) < 4.78 is 22.9. The number of hydrogen-bond acceptors (Lipinski definition) is 5. The van der Waals surface area contributed by atoms with Crippen molar-refractivity contribution in [3.63, 3.8) is 0 Å². The van der Waals surface area contributed by atoms with Crippen LogP contribution in [0.5, 0.6) is 11.5 Å². The molecule has 0 saturated carbocycles. The highest BCUT2D eigenvalue weighted by Gasteiger charge is 2.29. The van der Waals surface area contributed by atoms with Gasteiger partial charge in [-0.2, -0.15) is 0 Å². The van der Waals surface area contributed by atoms with Crippen LogP contribution in [-0.2, 0) is 9.09 Å². The smallest absolute Gasteiger partial charge is 0.282 e. The molecule has 0 bridgehead atoms. The maximum Gasteiger partial charge on any atom is 0.282 e. The van der Waals surface area contributed by atoms with E-state index in [9.17, 15) is 14.7 Å². The van der Waals surface area contributed by atoms with Crippen LogP contribution < -0.4 is 10.0 Å². The van der Waals surface area contributed by atoms with E-state index in [-0.39, 0.29) is 32.5 Å². The van der Waals surface area contributed by atoms with Crippen LogP contribution in [0.15, 0.2) is 30.3 Å². The maximum absolute atomic E-state index is 12.4. The van der Waals surface area contributed by atoms with Gasteiger partial charge in [0, 0.05) is 30.9 Å². The summed E-state index contributed by atoms with van der Waals surface area (Å²) in [7, 11) is -2.18. The number of hydrogen-bond donors (Lipinski definition) is 0. The summed E-state index contributed by atoms with van der Waals surface area (Å²) in [6.45, 7) is 1.28. The second kappa shape index (κ2) is 7.30. The van der Waals surface area contributed by atoms with Gasteiger partial charge < -0.3 is 9.26 Å². The minimum Gasteiger partial charge on any atom is -0.454 e. The predicted octanol–water partition coefficient (Wildman–Crippen LogP) is 5.53. The summed E-state index contributed by atoms with van der Waals surface area (Å²) in [4.78, 5) is 10.5. The number of nitro benzene ring substituents is 1. The Bertz CT molecular complexity index is 835. The first kappa shape index (κ1) is 19.0. The summed E-state index contributed by atoms with van der Waals surface area (Å²) in [5.41, 5.74) is -0.330. The van der Waals surface area contributed by atoms with Gasteiger partial charge in [0.15, 0.2) is 5.75 Å². The van der Waals surface area contributed by atoms with E-state index in [1.807, 2.05) is 0 Å². The summed E-state index contributed by atoms with van der Waals surface area (Å²) in [6.07, 6.45) is 0. The van der Waals surface area contributed by atoms with Crippen molar-refractivity contribution in [2.24, 2.45) is 0 Å². The molecule has 0 amide bonds. The van der Waals surface area contributed by atoms with E-state index in [2.05, 4.69) is 0 Å². The zero-order chi connectivity index (χ0) is 18.1. The zero-order valence-electron chi connectivity index (χ0n) is 12.5. The van der Waals surface area contributed by atoms with Gasteiger partial charge in [-0.25, -0.2) is 0 Å². The fourth-order valence-corrected chi connectivity index (χ4v) is 3.91. The Morgan fingerprint density at radius 1 is 1.12 bits per heavy atom. The molecule has 6 nitrogen and oxygen atoms in total. The SMILES string of the molecule is COP(C)(=O)c1cc(Oc2c(Cl)cc(Cl)cc2Cl)ccc1[N+](=O)[O-]. The Morgan fingerprint density at radius 3 is 2.21 bits per heavy atom. The highest BCUT2D eigenvalue weighted by molar-refractivity contribution is 7.66. The van der Waals surface area contributed by atoms with Crippen molar-refractivity contribution < 1.29 is 18.7 Å². The van der Waals surface area contributed by atoms with Crippen LogP contribution in [0.2, 0.25) is 15.1 Å². The lowest BCUT2D eigenvalue weighted by molar-refractivity contribution is -0.383. The molecule has 128 valence electrons. The summed E-state index contributed by atoms with van der Waals surface area (Å²) in [5.74, 6) is 0.298. The standard InChI is InChI=1S/C14H11Cl3NO5P/c1-22-24(2,21)13-7-9(3-4-12(13)18(19)20)23-14-10(16)5-8(15)6-11(14)17/h3-7H,1-2H3. The molecule has 2 rings (SSSR count). The monoisotopic (exact) mass is 409 g/mol. The Kier molecular flexibility index (Phi) is 5.78. The van der Waals surface area contributed by atoms with E-state index < -0.39 is 12.3 Å². The van der Waals surface area contributed by atoms with E-state index in [0.717, 1.165) is 0 Å². The summed E-state index contributed by atoms with van der Waals surface area (Å²) >= 11 is 17.9. The van der Waals surface area contributed by atoms with Crippen molar-refractivity contribution in [2.75, 3.05) is 13.8 Å². The van der Waals surface area contributed by atoms with E-state index in [1.165, 1.54) is 44.1 Å². The van der Waals surface area contributed by atoms with E-state index in [1.54, 1.807) is 0 Å². The lowest BCUT2D eigenvalue weighted by Crippen LogP contribution is -2.11. The largest absolute Gasteiger partial charge is 0.454 e. The molecule has 2 aromatic carbocycles. The molecule has 0 N–H and O–H groups in total. The van der Waals surface area contributed by atoms with Crippen molar-refractivity contribution in [2.45, 2.75) is 0 Å². The van der Waals surface area contributed by atoms with Crippen molar-refractivity contribution in [3.8, 4) is 11.5 Å². The molecule has 10 heteroatoms. The van der Waals surface area contributed by atoms with Gasteiger partial charge in [0.1, 0.15) is 11.1 Å². The number of rotatable bonds is 5. The second-order valence-corrected chi connectivity index (χ2v) is 8.53. The molecule has 0 saturated heterocycles. The second-order valence-electron chi connectivity index (χ2n) is 4.74. The average molecular weight is 411 g/mol. The first-order valence-electron chi connectivity index (χ1n) is 6.40. The molecule has 0 heterocycles. The minimum absolute atomic E-state index is 0.0753. The van der Waals surface area contributed by atoms with Crippen LogP contribution >= 0.6 is 42.2 Å². The molecular formula is C14H11Cl3NO5P. The van der Waals surface area contributed by atoms with Gasteiger partial charge in [0.25, 0.3) is 5.69 Å².